The van der Waals surface area contributed by atoms with Gasteiger partial charge in [0.15, 0.2) is 5.84 Å². The Bertz CT molecular complexity index is 388. The summed E-state index contributed by atoms with van der Waals surface area (Å²) in [5, 5.41) is 14.0. The molecule has 0 heterocycles. The van der Waals surface area contributed by atoms with Gasteiger partial charge in [-0.3, -0.25) is 4.79 Å². The first-order valence-electron chi connectivity index (χ1n) is 4.55. The van der Waals surface area contributed by atoms with Gasteiger partial charge in [0.1, 0.15) is 0 Å². The number of anilines is 1. The first-order chi connectivity index (χ1) is 7.17. The summed E-state index contributed by atoms with van der Waals surface area (Å²) < 4.78 is 0. The quantitative estimate of drug-likeness (QED) is 0.300. The normalized spacial score (nSPS) is 11.1. The molecule has 0 unspecified atom stereocenters. The molecule has 0 radical (unpaired) electrons. The van der Waals surface area contributed by atoms with Crippen molar-refractivity contribution in [2.45, 2.75) is 13.3 Å². The fraction of sp³-hybridized carbons (Fsp3) is 0.200. The van der Waals surface area contributed by atoms with E-state index in [9.17, 15) is 4.79 Å². The lowest BCUT2D eigenvalue weighted by molar-refractivity contribution is -0.115. The van der Waals surface area contributed by atoms with Crippen molar-refractivity contribution in [3.63, 3.8) is 0 Å². The maximum absolute atomic E-state index is 11.1. The van der Waals surface area contributed by atoms with Gasteiger partial charge in [-0.25, -0.2) is 0 Å². The molecule has 0 saturated carbocycles. The molecule has 5 nitrogen and oxygen atoms in total. The van der Waals surface area contributed by atoms with Crippen molar-refractivity contribution in [1.29, 1.82) is 0 Å². The average Bonchev–Trinajstić information content (AvgIpc) is 2.28. The highest BCUT2D eigenvalue weighted by Crippen LogP contribution is 2.10. The molecule has 0 aliphatic carbocycles. The van der Waals surface area contributed by atoms with Crippen LogP contribution in [0.2, 0.25) is 0 Å². The second-order valence-electron chi connectivity index (χ2n) is 2.97. The molecule has 4 N–H and O–H groups in total. The van der Waals surface area contributed by atoms with Crippen LogP contribution in [0.1, 0.15) is 18.9 Å². The van der Waals surface area contributed by atoms with E-state index in [1.54, 1.807) is 31.2 Å². The van der Waals surface area contributed by atoms with Gasteiger partial charge >= 0.3 is 0 Å². The minimum atomic E-state index is -0.0772. The third kappa shape index (κ3) is 2.98. The van der Waals surface area contributed by atoms with E-state index in [4.69, 9.17) is 10.9 Å². The van der Waals surface area contributed by atoms with Crippen LogP contribution in [0.3, 0.4) is 0 Å². The van der Waals surface area contributed by atoms with Crippen molar-refractivity contribution in [2.75, 3.05) is 5.32 Å². The summed E-state index contributed by atoms with van der Waals surface area (Å²) in [7, 11) is 0. The summed E-state index contributed by atoms with van der Waals surface area (Å²) in [6, 6.07) is 6.79. The lowest BCUT2D eigenvalue weighted by Gasteiger charge is -2.05. The summed E-state index contributed by atoms with van der Waals surface area (Å²) >= 11 is 0. The second kappa shape index (κ2) is 4.99. The molecule has 0 aliphatic heterocycles. The third-order valence-electron chi connectivity index (χ3n) is 1.87. The molecule has 1 amide bonds. The maximum atomic E-state index is 11.1. The first-order valence-corrected chi connectivity index (χ1v) is 4.55. The standard InChI is InChI=1S/C10H13N3O2/c1-2-9(14)12-8-5-3-4-7(6-8)10(11)13-15/h3-6,15H,2H2,1H3,(H2,11,13)(H,12,14). The minimum Gasteiger partial charge on any atom is -0.409 e. The molecule has 80 valence electrons. The molecule has 1 rings (SSSR count). The van der Waals surface area contributed by atoms with Gasteiger partial charge in [0, 0.05) is 17.7 Å². The molecule has 0 atom stereocenters. The molecule has 1 aromatic rings. The van der Waals surface area contributed by atoms with Gasteiger partial charge in [0.25, 0.3) is 0 Å². The van der Waals surface area contributed by atoms with Gasteiger partial charge < -0.3 is 16.3 Å². The number of carbonyl (C=O) groups is 1. The number of oxime groups is 1. The first kappa shape index (κ1) is 11.0. The Labute approximate surface area is 87.6 Å². The molecule has 15 heavy (non-hydrogen) atoms. The van der Waals surface area contributed by atoms with Crippen LogP contribution in [0.15, 0.2) is 29.4 Å². The molecule has 0 aromatic heterocycles. The van der Waals surface area contributed by atoms with Crippen LogP contribution >= 0.6 is 0 Å². The van der Waals surface area contributed by atoms with E-state index in [1.807, 2.05) is 0 Å². The third-order valence-corrected chi connectivity index (χ3v) is 1.87. The van der Waals surface area contributed by atoms with E-state index in [0.29, 0.717) is 17.7 Å². The minimum absolute atomic E-state index is 0.0163. The number of nitrogens with zero attached hydrogens (tertiary/aromatic N) is 1. The van der Waals surface area contributed by atoms with Gasteiger partial charge in [-0.05, 0) is 12.1 Å². The Kier molecular flexibility index (Phi) is 3.68. The Morgan fingerprint density at radius 1 is 1.60 bits per heavy atom. The number of carbonyl (C=O) groups excluding carboxylic acids is 1. The predicted molar refractivity (Wildman–Crippen MR) is 57.9 cm³/mol. The molecule has 0 spiro atoms. The van der Waals surface area contributed by atoms with E-state index in [0.717, 1.165) is 0 Å². The van der Waals surface area contributed by atoms with Gasteiger partial charge in [0.2, 0.25) is 5.91 Å². The number of hydrogen-bond acceptors (Lipinski definition) is 3. The van der Waals surface area contributed by atoms with Crippen molar-refractivity contribution in [1.82, 2.24) is 0 Å². The Morgan fingerprint density at radius 3 is 2.93 bits per heavy atom. The average molecular weight is 207 g/mol. The van der Waals surface area contributed by atoms with Crippen molar-refractivity contribution in [3.8, 4) is 0 Å². The maximum Gasteiger partial charge on any atom is 0.224 e. The molecule has 0 fully saturated rings. The van der Waals surface area contributed by atoms with E-state index in [1.165, 1.54) is 0 Å². The zero-order valence-electron chi connectivity index (χ0n) is 8.40. The summed E-state index contributed by atoms with van der Waals surface area (Å²) in [6.07, 6.45) is 0.411. The highest BCUT2D eigenvalue weighted by Gasteiger charge is 2.02. The number of benzene rings is 1. The lowest BCUT2D eigenvalue weighted by atomic mass is 10.2. The van der Waals surface area contributed by atoms with Crippen LogP contribution < -0.4 is 11.1 Å². The van der Waals surface area contributed by atoms with Crippen LogP contribution in [0, 0.1) is 0 Å². The van der Waals surface area contributed by atoms with Crippen LogP contribution in [-0.2, 0) is 4.79 Å². The van der Waals surface area contributed by atoms with Crippen molar-refractivity contribution >= 4 is 17.4 Å². The van der Waals surface area contributed by atoms with E-state index >= 15 is 0 Å². The van der Waals surface area contributed by atoms with Crippen LogP contribution in [0.4, 0.5) is 5.69 Å². The number of amidine groups is 1. The molecule has 5 heteroatoms. The second-order valence-corrected chi connectivity index (χ2v) is 2.97. The van der Waals surface area contributed by atoms with E-state index in [2.05, 4.69) is 10.5 Å². The largest absolute Gasteiger partial charge is 0.409 e. The number of rotatable bonds is 3. The monoisotopic (exact) mass is 207 g/mol. The van der Waals surface area contributed by atoms with E-state index < -0.39 is 0 Å². The van der Waals surface area contributed by atoms with Gasteiger partial charge in [-0.2, -0.15) is 0 Å². The Hall–Kier alpha value is -2.04. The van der Waals surface area contributed by atoms with Crippen molar-refractivity contribution in [2.24, 2.45) is 10.9 Å². The molecule has 0 saturated heterocycles. The highest BCUT2D eigenvalue weighted by molar-refractivity contribution is 5.99. The molecular weight excluding hydrogens is 194 g/mol. The van der Waals surface area contributed by atoms with Crippen molar-refractivity contribution < 1.29 is 10.0 Å². The summed E-state index contributed by atoms with van der Waals surface area (Å²) in [5.41, 5.74) is 6.61. The number of hydrogen-bond donors (Lipinski definition) is 3. The number of amides is 1. The van der Waals surface area contributed by atoms with Gasteiger partial charge in [-0.15, -0.1) is 0 Å². The lowest BCUT2D eigenvalue weighted by Crippen LogP contribution is -2.14. The summed E-state index contributed by atoms with van der Waals surface area (Å²) in [4.78, 5) is 11.1. The Balaban J connectivity index is 2.88. The van der Waals surface area contributed by atoms with Crippen LogP contribution in [0.25, 0.3) is 0 Å². The zero-order valence-corrected chi connectivity index (χ0v) is 8.40. The van der Waals surface area contributed by atoms with Gasteiger partial charge in [-0.1, -0.05) is 24.2 Å². The van der Waals surface area contributed by atoms with E-state index in [-0.39, 0.29) is 11.7 Å². The van der Waals surface area contributed by atoms with Crippen molar-refractivity contribution in [3.05, 3.63) is 29.8 Å². The zero-order chi connectivity index (χ0) is 11.3. The van der Waals surface area contributed by atoms with Crippen LogP contribution in [0.5, 0.6) is 0 Å². The topological polar surface area (TPSA) is 87.7 Å². The predicted octanol–water partition coefficient (Wildman–Crippen LogP) is 1.13. The fourth-order valence-electron chi connectivity index (χ4n) is 1.06. The fourth-order valence-corrected chi connectivity index (χ4v) is 1.06. The van der Waals surface area contributed by atoms with Gasteiger partial charge in [0.05, 0.1) is 0 Å². The Morgan fingerprint density at radius 2 is 2.33 bits per heavy atom. The summed E-state index contributed by atoms with van der Waals surface area (Å²) in [6.45, 7) is 1.77. The molecule has 0 bridgehead atoms. The SMILES string of the molecule is CCC(=O)Nc1cccc(C(N)=NO)c1. The molecular formula is C10H13N3O2. The number of nitrogens with one attached hydrogen (secondary N) is 1. The number of nitrogens with two attached hydrogens (primary N) is 1. The molecule has 1 aromatic carbocycles. The molecule has 0 aliphatic rings. The highest BCUT2D eigenvalue weighted by atomic mass is 16.4. The summed E-state index contributed by atoms with van der Waals surface area (Å²) in [5.74, 6) is -0.0609. The smallest absolute Gasteiger partial charge is 0.224 e. The van der Waals surface area contributed by atoms with Crippen LogP contribution in [-0.4, -0.2) is 17.0 Å².